The van der Waals surface area contributed by atoms with Crippen molar-refractivity contribution in [2.75, 3.05) is 0 Å². The first-order valence-corrected chi connectivity index (χ1v) is 7.08. The van der Waals surface area contributed by atoms with Gasteiger partial charge in [-0.15, -0.1) is 6.58 Å². The smallest absolute Gasteiger partial charge is 0.242 e. The van der Waals surface area contributed by atoms with Crippen molar-refractivity contribution < 1.29 is 13.0 Å². The van der Waals surface area contributed by atoms with E-state index < -0.39 is 27.7 Å². The maximum absolute atomic E-state index is 14.3. The Labute approximate surface area is 115 Å². The van der Waals surface area contributed by atoms with Gasteiger partial charge in [0.15, 0.2) is 0 Å². The Morgan fingerprint density at radius 1 is 1.26 bits per heavy atom. The third kappa shape index (κ3) is 3.94. The van der Waals surface area contributed by atoms with Gasteiger partial charge in [-0.25, -0.2) is 8.93 Å². The summed E-state index contributed by atoms with van der Waals surface area (Å²) in [6.45, 7) is 8.57. The van der Waals surface area contributed by atoms with Crippen LogP contribution in [0.25, 0.3) is 0 Å². The number of alkyl halides is 2. The maximum atomic E-state index is 14.3. The second kappa shape index (κ2) is 5.92. The molecule has 19 heavy (non-hydrogen) atoms. The van der Waals surface area contributed by atoms with Crippen LogP contribution in [0.5, 0.6) is 0 Å². The van der Waals surface area contributed by atoms with Crippen LogP contribution in [0.2, 0.25) is 0 Å². The van der Waals surface area contributed by atoms with Gasteiger partial charge in [-0.1, -0.05) is 36.4 Å². The van der Waals surface area contributed by atoms with E-state index in [4.69, 9.17) is 0 Å². The molecule has 0 fully saturated rings. The predicted octanol–water partition coefficient (Wildman–Crippen LogP) is 3.38. The molecular formula is C14H19F2NOS. The Morgan fingerprint density at radius 3 is 2.21 bits per heavy atom. The summed E-state index contributed by atoms with van der Waals surface area (Å²) in [7, 11) is -1.59. The highest BCUT2D eigenvalue weighted by Crippen LogP contribution is 2.32. The van der Waals surface area contributed by atoms with Crippen molar-refractivity contribution in [2.24, 2.45) is 0 Å². The van der Waals surface area contributed by atoms with Gasteiger partial charge in [-0.2, -0.15) is 8.78 Å². The van der Waals surface area contributed by atoms with Crippen LogP contribution in [-0.2, 0) is 16.9 Å². The van der Waals surface area contributed by atoms with E-state index in [9.17, 15) is 13.0 Å². The van der Waals surface area contributed by atoms with Gasteiger partial charge in [-0.3, -0.25) is 0 Å². The number of hydrogen-bond donors (Lipinski definition) is 1. The molecule has 0 radical (unpaired) electrons. The third-order valence-electron chi connectivity index (χ3n) is 2.58. The van der Waals surface area contributed by atoms with Crippen LogP contribution in [0.15, 0.2) is 43.0 Å². The predicted molar refractivity (Wildman–Crippen MR) is 75.4 cm³/mol. The summed E-state index contributed by atoms with van der Waals surface area (Å²) < 4.78 is 42.4. The van der Waals surface area contributed by atoms with Crippen molar-refractivity contribution in [3.05, 3.63) is 48.6 Å². The van der Waals surface area contributed by atoms with Crippen molar-refractivity contribution in [1.82, 2.24) is 4.72 Å². The van der Waals surface area contributed by atoms with Gasteiger partial charge in [0.05, 0.1) is 15.7 Å². The van der Waals surface area contributed by atoms with Crippen molar-refractivity contribution >= 4 is 11.0 Å². The fraction of sp³-hybridized carbons (Fsp3) is 0.429. The minimum absolute atomic E-state index is 0.127. The van der Waals surface area contributed by atoms with E-state index in [1.807, 2.05) is 0 Å². The highest BCUT2D eigenvalue weighted by atomic mass is 32.2. The van der Waals surface area contributed by atoms with E-state index in [0.29, 0.717) is 0 Å². The number of nitrogens with one attached hydrogen (secondary N) is 1. The molecule has 1 aromatic rings. The molecule has 2 atom stereocenters. The van der Waals surface area contributed by atoms with Gasteiger partial charge < -0.3 is 0 Å². The Balaban J connectivity index is 2.97. The summed E-state index contributed by atoms with van der Waals surface area (Å²) in [5.41, 5.74) is -0.127. The number of hydrogen-bond acceptors (Lipinski definition) is 1. The van der Waals surface area contributed by atoms with Gasteiger partial charge in [0.1, 0.15) is 6.04 Å². The molecule has 106 valence electrons. The van der Waals surface area contributed by atoms with Crippen molar-refractivity contribution in [3.63, 3.8) is 0 Å². The van der Waals surface area contributed by atoms with Crippen LogP contribution in [-0.4, -0.2) is 15.0 Å². The monoisotopic (exact) mass is 287 g/mol. The molecule has 0 aliphatic heterocycles. The van der Waals surface area contributed by atoms with Crippen LogP contribution in [0.4, 0.5) is 8.78 Å². The van der Waals surface area contributed by atoms with Crippen molar-refractivity contribution in [2.45, 2.75) is 37.5 Å². The lowest BCUT2D eigenvalue weighted by Crippen LogP contribution is -2.46. The minimum Gasteiger partial charge on any atom is -0.242 e. The fourth-order valence-electron chi connectivity index (χ4n) is 1.40. The zero-order valence-electron chi connectivity index (χ0n) is 11.3. The van der Waals surface area contributed by atoms with E-state index in [0.717, 1.165) is 6.08 Å². The summed E-state index contributed by atoms with van der Waals surface area (Å²) in [5, 5.41) is 0. The molecule has 0 amide bonds. The number of rotatable bonds is 5. The van der Waals surface area contributed by atoms with Crippen LogP contribution in [0.1, 0.15) is 26.3 Å². The third-order valence-corrected chi connectivity index (χ3v) is 4.16. The lowest BCUT2D eigenvalue weighted by molar-refractivity contribution is -0.0215. The summed E-state index contributed by atoms with van der Waals surface area (Å²) in [6.07, 6.45) is 1.09. The van der Waals surface area contributed by atoms with Crippen molar-refractivity contribution in [1.29, 1.82) is 0 Å². The van der Waals surface area contributed by atoms with Crippen LogP contribution in [0.3, 0.4) is 0 Å². The molecular weight excluding hydrogens is 268 g/mol. The molecule has 2 nitrogen and oxygen atoms in total. The Bertz CT molecular complexity index is 454. The van der Waals surface area contributed by atoms with Crippen molar-refractivity contribution in [3.8, 4) is 0 Å². The molecule has 1 N–H and O–H groups in total. The minimum atomic E-state index is -3.16. The lowest BCUT2D eigenvalue weighted by Gasteiger charge is -2.28. The quantitative estimate of drug-likeness (QED) is 0.826. The van der Waals surface area contributed by atoms with Crippen LogP contribution in [0, 0.1) is 0 Å². The Hall–Kier alpha value is -1.07. The second-order valence-electron chi connectivity index (χ2n) is 5.20. The fourth-order valence-corrected chi connectivity index (χ4v) is 2.23. The topological polar surface area (TPSA) is 29.1 Å². The molecule has 0 aliphatic carbocycles. The molecule has 0 aromatic heterocycles. The molecule has 0 saturated heterocycles. The van der Waals surface area contributed by atoms with Gasteiger partial charge >= 0.3 is 0 Å². The summed E-state index contributed by atoms with van der Waals surface area (Å²) >= 11 is 0. The van der Waals surface area contributed by atoms with E-state index in [1.165, 1.54) is 12.1 Å². The summed E-state index contributed by atoms with van der Waals surface area (Å²) in [6, 6.07) is 6.07. The average Bonchev–Trinajstić information content (AvgIpc) is 2.35. The van der Waals surface area contributed by atoms with Gasteiger partial charge in [0, 0.05) is 5.56 Å². The van der Waals surface area contributed by atoms with E-state index in [1.54, 1.807) is 39.0 Å². The Morgan fingerprint density at radius 2 is 1.79 bits per heavy atom. The zero-order valence-corrected chi connectivity index (χ0v) is 12.1. The molecule has 0 aliphatic rings. The molecule has 1 aromatic carbocycles. The highest BCUT2D eigenvalue weighted by molar-refractivity contribution is 7.84. The highest BCUT2D eigenvalue weighted by Gasteiger charge is 2.41. The second-order valence-corrected chi connectivity index (χ2v) is 7.20. The number of benzene rings is 1. The normalized spacial score (nSPS) is 15.8. The molecule has 0 spiro atoms. The molecule has 5 heteroatoms. The van der Waals surface area contributed by atoms with Crippen LogP contribution >= 0.6 is 0 Å². The first-order valence-electron chi connectivity index (χ1n) is 5.93. The summed E-state index contributed by atoms with van der Waals surface area (Å²) in [4.78, 5) is 0. The molecule has 0 bridgehead atoms. The van der Waals surface area contributed by atoms with Crippen LogP contribution < -0.4 is 4.72 Å². The van der Waals surface area contributed by atoms with Gasteiger partial charge in [0.2, 0.25) is 0 Å². The average molecular weight is 287 g/mol. The first kappa shape index (κ1) is 16.0. The van der Waals surface area contributed by atoms with E-state index in [2.05, 4.69) is 11.3 Å². The number of halogens is 2. The largest absolute Gasteiger partial charge is 0.292 e. The van der Waals surface area contributed by atoms with Gasteiger partial charge in [0.25, 0.3) is 5.92 Å². The molecule has 1 rings (SSSR count). The van der Waals surface area contributed by atoms with E-state index >= 15 is 0 Å². The Kier molecular flexibility index (Phi) is 4.98. The standard InChI is InChI=1S/C14H19F2NOS/c1-5-12(17-19(18)13(2,3)4)14(15,16)11-9-7-6-8-10-11/h5-10,12,17H,1H2,2-4H3/t12-,19-/m1/s1. The van der Waals surface area contributed by atoms with Gasteiger partial charge in [-0.05, 0) is 20.8 Å². The molecule has 0 saturated carbocycles. The summed E-state index contributed by atoms with van der Waals surface area (Å²) in [5.74, 6) is -3.16. The maximum Gasteiger partial charge on any atom is 0.292 e. The SMILES string of the molecule is C=C[C@@H](N[S@](=O)C(C)(C)C)C(F)(F)c1ccccc1. The first-order chi connectivity index (χ1) is 8.69. The molecule has 0 heterocycles. The van der Waals surface area contributed by atoms with E-state index in [-0.39, 0.29) is 5.56 Å². The zero-order chi connectivity index (χ0) is 14.7. The molecule has 0 unspecified atom stereocenters. The lowest BCUT2D eigenvalue weighted by atomic mass is 10.0.